The number of benzene rings is 1. The summed E-state index contributed by atoms with van der Waals surface area (Å²) in [6, 6.07) is 10.9. The van der Waals surface area contributed by atoms with Gasteiger partial charge >= 0.3 is 6.03 Å². The zero-order valence-electron chi connectivity index (χ0n) is 16.9. The van der Waals surface area contributed by atoms with Gasteiger partial charge in [0.2, 0.25) is 0 Å². The van der Waals surface area contributed by atoms with Gasteiger partial charge in [0, 0.05) is 32.2 Å². The number of likely N-dealkylation sites (tertiary alicyclic amines) is 1. The Morgan fingerprint density at radius 1 is 1.11 bits per heavy atom. The first-order chi connectivity index (χ1) is 13.7. The summed E-state index contributed by atoms with van der Waals surface area (Å²) in [6.45, 7) is 2.99. The molecule has 2 amide bonds. The average Bonchev–Trinajstić information content (AvgIpc) is 2.74. The third-order valence-electron chi connectivity index (χ3n) is 6.67. The number of amides is 2. The van der Waals surface area contributed by atoms with Gasteiger partial charge in [-0.2, -0.15) is 0 Å². The van der Waals surface area contributed by atoms with Crippen LogP contribution in [0.15, 0.2) is 30.3 Å². The number of nitrogens with zero attached hydrogens (tertiary/aromatic N) is 1. The Balaban J connectivity index is 1.24. The summed E-state index contributed by atoms with van der Waals surface area (Å²) in [5, 5.41) is 3.25. The molecule has 1 unspecified atom stereocenters. The number of urea groups is 1. The first kappa shape index (κ1) is 19.7. The first-order valence-electron chi connectivity index (χ1n) is 11.1. The number of hydrogen-bond acceptors (Lipinski definition) is 3. The molecule has 1 aromatic rings. The van der Waals surface area contributed by atoms with E-state index in [1.54, 1.807) is 0 Å². The van der Waals surface area contributed by atoms with Gasteiger partial charge in [-0.05, 0) is 37.7 Å². The molecule has 1 atom stereocenters. The maximum absolute atomic E-state index is 12.6. The van der Waals surface area contributed by atoms with E-state index in [9.17, 15) is 4.79 Å². The fraction of sp³-hybridized carbons (Fsp3) is 0.696. The summed E-state index contributed by atoms with van der Waals surface area (Å²) in [5.74, 6) is 0. The molecule has 3 aliphatic rings. The van der Waals surface area contributed by atoms with Crippen LogP contribution in [0.3, 0.4) is 0 Å². The summed E-state index contributed by atoms with van der Waals surface area (Å²) in [5.41, 5.74) is 1.11. The Labute approximate surface area is 168 Å². The summed E-state index contributed by atoms with van der Waals surface area (Å²) in [6.07, 6.45) is 10.0. The molecule has 0 aromatic heterocycles. The zero-order valence-corrected chi connectivity index (χ0v) is 16.9. The number of piperidine rings is 1. The Bertz CT molecular complexity index is 622. The van der Waals surface area contributed by atoms with Crippen LogP contribution in [0.1, 0.15) is 63.4 Å². The van der Waals surface area contributed by atoms with E-state index in [1.165, 1.54) is 24.8 Å². The van der Waals surface area contributed by atoms with E-state index < -0.39 is 0 Å². The Morgan fingerprint density at radius 3 is 2.61 bits per heavy atom. The van der Waals surface area contributed by atoms with Gasteiger partial charge in [-0.25, -0.2) is 4.79 Å². The second kappa shape index (κ2) is 9.27. The van der Waals surface area contributed by atoms with Crippen molar-refractivity contribution < 1.29 is 14.3 Å². The van der Waals surface area contributed by atoms with Gasteiger partial charge in [-0.3, -0.25) is 0 Å². The fourth-order valence-electron chi connectivity index (χ4n) is 4.89. The molecule has 5 heteroatoms. The highest BCUT2D eigenvalue weighted by Crippen LogP contribution is 2.36. The first-order valence-corrected chi connectivity index (χ1v) is 11.1. The summed E-state index contributed by atoms with van der Waals surface area (Å²) in [4.78, 5) is 14.6. The van der Waals surface area contributed by atoms with Crippen LogP contribution >= 0.6 is 0 Å². The fourth-order valence-corrected chi connectivity index (χ4v) is 4.89. The number of rotatable bonds is 4. The molecular formula is C23H34N2O3. The van der Waals surface area contributed by atoms with E-state index in [-0.39, 0.29) is 17.7 Å². The second-order valence-corrected chi connectivity index (χ2v) is 8.71. The van der Waals surface area contributed by atoms with Gasteiger partial charge in [-0.1, -0.05) is 49.6 Å². The monoisotopic (exact) mass is 386 g/mol. The van der Waals surface area contributed by atoms with E-state index >= 15 is 0 Å². The molecule has 2 heterocycles. The number of nitrogens with one attached hydrogen (secondary N) is 1. The van der Waals surface area contributed by atoms with Crippen molar-refractivity contribution in [1.29, 1.82) is 0 Å². The molecule has 2 saturated heterocycles. The molecule has 1 aromatic carbocycles. The van der Waals surface area contributed by atoms with E-state index in [4.69, 9.17) is 9.47 Å². The van der Waals surface area contributed by atoms with Crippen molar-refractivity contribution in [3.8, 4) is 0 Å². The molecule has 4 rings (SSSR count). The topological polar surface area (TPSA) is 50.8 Å². The SMILES string of the molecule is O=C(NC1CCCCC1)N1CCC2(CC1)CC(OCc1ccccc1)CCO2. The van der Waals surface area contributed by atoms with Gasteiger partial charge in [0.25, 0.3) is 0 Å². The Morgan fingerprint density at radius 2 is 1.86 bits per heavy atom. The number of ether oxygens (including phenoxy) is 2. The lowest BCUT2D eigenvalue weighted by Gasteiger charge is -2.46. The van der Waals surface area contributed by atoms with Crippen LogP contribution in [0.25, 0.3) is 0 Å². The van der Waals surface area contributed by atoms with Crippen LogP contribution in [0.4, 0.5) is 4.79 Å². The Kier molecular flexibility index (Phi) is 6.53. The molecular weight excluding hydrogens is 352 g/mol. The number of carbonyl (C=O) groups excluding carboxylic acids is 1. The molecule has 1 spiro atoms. The lowest BCUT2D eigenvalue weighted by Crippen LogP contribution is -2.54. The summed E-state index contributed by atoms with van der Waals surface area (Å²) in [7, 11) is 0. The van der Waals surface area contributed by atoms with Crippen LogP contribution in [0.5, 0.6) is 0 Å². The molecule has 3 fully saturated rings. The van der Waals surface area contributed by atoms with Gasteiger partial charge in [-0.15, -0.1) is 0 Å². The molecule has 154 valence electrons. The predicted molar refractivity (Wildman–Crippen MR) is 109 cm³/mol. The van der Waals surface area contributed by atoms with Crippen LogP contribution < -0.4 is 5.32 Å². The van der Waals surface area contributed by atoms with Crippen LogP contribution in [-0.4, -0.2) is 48.4 Å². The molecule has 0 radical (unpaired) electrons. The van der Waals surface area contributed by atoms with Crippen molar-refractivity contribution in [2.24, 2.45) is 0 Å². The average molecular weight is 387 g/mol. The normalized spacial score (nSPS) is 25.6. The highest BCUT2D eigenvalue weighted by molar-refractivity contribution is 5.74. The minimum atomic E-state index is -0.110. The van der Waals surface area contributed by atoms with Crippen LogP contribution in [0.2, 0.25) is 0 Å². The summed E-state index contributed by atoms with van der Waals surface area (Å²) < 4.78 is 12.4. The molecule has 2 aliphatic heterocycles. The van der Waals surface area contributed by atoms with E-state index in [1.807, 2.05) is 11.0 Å². The van der Waals surface area contributed by atoms with Crippen LogP contribution in [0, 0.1) is 0 Å². The maximum atomic E-state index is 12.6. The zero-order chi connectivity index (χ0) is 19.2. The van der Waals surface area contributed by atoms with Gasteiger partial charge in [0.05, 0.1) is 18.3 Å². The lowest BCUT2D eigenvalue weighted by molar-refractivity contribution is -0.154. The second-order valence-electron chi connectivity index (χ2n) is 8.71. The van der Waals surface area contributed by atoms with Gasteiger partial charge < -0.3 is 19.7 Å². The van der Waals surface area contributed by atoms with Gasteiger partial charge in [0.1, 0.15) is 0 Å². The largest absolute Gasteiger partial charge is 0.375 e. The minimum Gasteiger partial charge on any atom is -0.375 e. The smallest absolute Gasteiger partial charge is 0.317 e. The molecule has 1 saturated carbocycles. The highest BCUT2D eigenvalue weighted by Gasteiger charge is 2.41. The van der Waals surface area contributed by atoms with Gasteiger partial charge in [0.15, 0.2) is 0 Å². The Hall–Kier alpha value is -1.59. The van der Waals surface area contributed by atoms with Crippen molar-refractivity contribution in [1.82, 2.24) is 10.2 Å². The van der Waals surface area contributed by atoms with E-state index in [0.29, 0.717) is 12.6 Å². The van der Waals surface area contributed by atoms with E-state index in [0.717, 1.165) is 58.2 Å². The molecule has 1 N–H and O–H groups in total. The lowest BCUT2D eigenvalue weighted by atomic mass is 9.83. The van der Waals surface area contributed by atoms with Crippen molar-refractivity contribution >= 4 is 6.03 Å². The number of hydrogen-bond donors (Lipinski definition) is 1. The van der Waals surface area contributed by atoms with E-state index in [2.05, 4.69) is 29.6 Å². The maximum Gasteiger partial charge on any atom is 0.317 e. The molecule has 5 nitrogen and oxygen atoms in total. The van der Waals surface area contributed by atoms with Crippen molar-refractivity contribution in [2.75, 3.05) is 19.7 Å². The molecule has 28 heavy (non-hydrogen) atoms. The number of carbonyl (C=O) groups is 1. The molecule has 0 bridgehead atoms. The van der Waals surface area contributed by atoms with Crippen molar-refractivity contribution in [2.45, 2.75) is 82.1 Å². The predicted octanol–water partition coefficient (Wildman–Crippen LogP) is 4.26. The highest BCUT2D eigenvalue weighted by atomic mass is 16.5. The summed E-state index contributed by atoms with van der Waals surface area (Å²) >= 11 is 0. The molecule has 1 aliphatic carbocycles. The minimum absolute atomic E-state index is 0.110. The van der Waals surface area contributed by atoms with Crippen molar-refractivity contribution in [3.63, 3.8) is 0 Å². The third-order valence-corrected chi connectivity index (χ3v) is 6.67. The van der Waals surface area contributed by atoms with Crippen LogP contribution in [-0.2, 0) is 16.1 Å². The van der Waals surface area contributed by atoms with Crippen molar-refractivity contribution in [3.05, 3.63) is 35.9 Å². The standard InChI is InChI=1S/C23H34N2O3/c26-22(24-20-9-5-2-6-10-20)25-14-12-23(13-15-25)17-21(11-16-28-23)27-18-19-7-3-1-4-8-19/h1,3-4,7-8,20-21H,2,5-6,9-18H2,(H,24,26). The quantitative estimate of drug-likeness (QED) is 0.841. The third kappa shape index (κ3) is 5.06.